The van der Waals surface area contributed by atoms with Gasteiger partial charge in [-0.1, -0.05) is 23.7 Å². The number of aromatic nitrogens is 1. The lowest BCUT2D eigenvalue weighted by Crippen LogP contribution is -2.04. The molecule has 0 amide bonds. The van der Waals surface area contributed by atoms with Crippen LogP contribution in [0, 0.1) is 0 Å². The molecule has 1 aromatic carbocycles. The molecule has 5 heteroatoms. The number of benzene rings is 1. The van der Waals surface area contributed by atoms with Gasteiger partial charge in [0, 0.05) is 16.9 Å². The number of ether oxygens (including phenoxy) is 1. The third-order valence-corrected chi connectivity index (χ3v) is 3.51. The highest BCUT2D eigenvalue weighted by Crippen LogP contribution is 2.13. The maximum atomic E-state index is 5.82. The number of halogens is 1. The average molecular weight is 283 g/mol. The third-order valence-electron chi connectivity index (χ3n) is 2.36. The van der Waals surface area contributed by atoms with Crippen molar-refractivity contribution in [1.29, 1.82) is 0 Å². The lowest BCUT2D eigenvalue weighted by molar-refractivity contribution is 0.105. The van der Waals surface area contributed by atoms with E-state index in [0.29, 0.717) is 13.2 Å². The highest BCUT2D eigenvalue weighted by Gasteiger charge is 2.01. The van der Waals surface area contributed by atoms with E-state index in [2.05, 4.69) is 10.3 Å². The highest BCUT2D eigenvalue weighted by atomic mass is 35.5. The normalized spacial score (nSPS) is 10.8. The van der Waals surface area contributed by atoms with E-state index in [0.717, 1.165) is 27.8 Å². The number of thiazole rings is 1. The van der Waals surface area contributed by atoms with E-state index in [4.69, 9.17) is 16.3 Å². The number of rotatable bonds is 6. The standard InChI is InChI=1S/C13H15ClN2OS/c1-15-6-13-16-12(9-18-13)8-17-7-10-2-4-11(14)5-3-10/h2-5,9,15H,6-8H2,1H3. The monoisotopic (exact) mass is 282 g/mol. The van der Waals surface area contributed by atoms with Crippen LogP contribution in [0.2, 0.25) is 5.02 Å². The van der Waals surface area contributed by atoms with Gasteiger partial charge in [-0.3, -0.25) is 0 Å². The van der Waals surface area contributed by atoms with Crippen molar-refractivity contribution in [3.8, 4) is 0 Å². The molecule has 0 atom stereocenters. The van der Waals surface area contributed by atoms with Crippen molar-refractivity contribution in [2.24, 2.45) is 0 Å². The van der Waals surface area contributed by atoms with E-state index in [1.54, 1.807) is 11.3 Å². The average Bonchev–Trinajstić information content (AvgIpc) is 2.80. The lowest BCUT2D eigenvalue weighted by Gasteiger charge is -2.02. The Bertz CT molecular complexity index is 484. The van der Waals surface area contributed by atoms with Gasteiger partial charge in [0.25, 0.3) is 0 Å². The maximum absolute atomic E-state index is 5.82. The van der Waals surface area contributed by atoms with Crippen LogP contribution in [0.5, 0.6) is 0 Å². The van der Waals surface area contributed by atoms with Crippen LogP contribution in [-0.2, 0) is 24.5 Å². The predicted molar refractivity (Wildman–Crippen MR) is 74.8 cm³/mol. The number of nitrogens with zero attached hydrogens (tertiary/aromatic N) is 1. The Morgan fingerprint density at radius 1 is 1.28 bits per heavy atom. The van der Waals surface area contributed by atoms with E-state index in [1.165, 1.54) is 0 Å². The zero-order valence-electron chi connectivity index (χ0n) is 10.1. The number of nitrogens with one attached hydrogen (secondary N) is 1. The molecule has 0 saturated carbocycles. The Kier molecular flexibility index (Phi) is 5.13. The molecule has 0 bridgehead atoms. The molecular weight excluding hydrogens is 268 g/mol. The van der Waals surface area contributed by atoms with Crippen LogP contribution in [-0.4, -0.2) is 12.0 Å². The quantitative estimate of drug-likeness (QED) is 0.883. The fourth-order valence-electron chi connectivity index (χ4n) is 1.50. The summed E-state index contributed by atoms with van der Waals surface area (Å²) in [7, 11) is 1.91. The number of hydrogen-bond acceptors (Lipinski definition) is 4. The summed E-state index contributed by atoms with van der Waals surface area (Å²) in [5, 5.41) is 6.95. The second-order valence-electron chi connectivity index (χ2n) is 3.88. The first-order valence-electron chi connectivity index (χ1n) is 5.68. The van der Waals surface area contributed by atoms with Crippen molar-refractivity contribution in [2.45, 2.75) is 19.8 Å². The largest absolute Gasteiger partial charge is 0.370 e. The van der Waals surface area contributed by atoms with Gasteiger partial charge in [-0.05, 0) is 24.7 Å². The van der Waals surface area contributed by atoms with E-state index >= 15 is 0 Å². The Labute approximate surface area is 116 Å². The summed E-state index contributed by atoms with van der Waals surface area (Å²) in [6.45, 7) is 1.93. The first-order valence-corrected chi connectivity index (χ1v) is 6.94. The Morgan fingerprint density at radius 2 is 2.06 bits per heavy atom. The van der Waals surface area contributed by atoms with Gasteiger partial charge >= 0.3 is 0 Å². The lowest BCUT2D eigenvalue weighted by atomic mass is 10.2. The van der Waals surface area contributed by atoms with Crippen molar-refractivity contribution in [1.82, 2.24) is 10.3 Å². The maximum Gasteiger partial charge on any atom is 0.107 e. The van der Waals surface area contributed by atoms with Crippen LogP contribution in [0.25, 0.3) is 0 Å². The molecular formula is C13H15ClN2OS. The summed E-state index contributed by atoms with van der Waals surface area (Å²) in [5.74, 6) is 0. The van der Waals surface area contributed by atoms with Gasteiger partial charge in [0.05, 0.1) is 18.9 Å². The molecule has 18 heavy (non-hydrogen) atoms. The molecule has 0 radical (unpaired) electrons. The summed E-state index contributed by atoms with van der Waals surface area (Å²) in [6, 6.07) is 7.67. The fourth-order valence-corrected chi connectivity index (χ4v) is 2.42. The van der Waals surface area contributed by atoms with Crippen molar-refractivity contribution >= 4 is 22.9 Å². The molecule has 2 rings (SSSR count). The SMILES string of the molecule is CNCc1nc(COCc2ccc(Cl)cc2)cs1. The van der Waals surface area contributed by atoms with E-state index < -0.39 is 0 Å². The zero-order valence-corrected chi connectivity index (χ0v) is 11.7. The summed E-state index contributed by atoms with van der Waals surface area (Å²) in [4.78, 5) is 4.46. The van der Waals surface area contributed by atoms with Crippen LogP contribution in [0.1, 0.15) is 16.3 Å². The molecule has 0 aliphatic rings. The molecule has 3 nitrogen and oxygen atoms in total. The van der Waals surface area contributed by atoms with E-state index in [-0.39, 0.29) is 0 Å². The molecule has 0 saturated heterocycles. The highest BCUT2D eigenvalue weighted by molar-refractivity contribution is 7.09. The molecule has 0 aliphatic heterocycles. The Balaban J connectivity index is 1.79. The van der Waals surface area contributed by atoms with Crippen LogP contribution in [0.15, 0.2) is 29.6 Å². The van der Waals surface area contributed by atoms with Crippen molar-refractivity contribution in [3.63, 3.8) is 0 Å². The summed E-state index contributed by atoms with van der Waals surface area (Å²) in [5.41, 5.74) is 2.10. The first kappa shape index (κ1) is 13.5. The van der Waals surface area contributed by atoms with E-state index in [9.17, 15) is 0 Å². The minimum absolute atomic E-state index is 0.544. The summed E-state index contributed by atoms with van der Waals surface area (Å²) in [6.07, 6.45) is 0. The molecule has 1 N–H and O–H groups in total. The van der Waals surface area contributed by atoms with Gasteiger partial charge < -0.3 is 10.1 Å². The van der Waals surface area contributed by atoms with Crippen LogP contribution < -0.4 is 5.32 Å². The van der Waals surface area contributed by atoms with Gasteiger partial charge in [-0.15, -0.1) is 11.3 Å². The molecule has 0 spiro atoms. The first-order chi connectivity index (χ1) is 8.78. The minimum Gasteiger partial charge on any atom is -0.370 e. The van der Waals surface area contributed by atoms with Gasteiger partial charge in [-0.2, -0.15) is 0 Å². The Morgan fingerprint density at radius 3 is 2.78 bits per heavy atom. The van der Waals surface area contributed by atoms with Crippen LogP contribution in [0.4, 0.5) is 0 Å². The molecule has 0 fully saturated rings. The zero-order chi connectivity index (χ0) is 12.8. The molecule has 1 aromatic heterocycles. The molecule has 1 heterocycles. The summed E-state index contributed by atoms with van der Waals surface area (Å²) < 4.78 is 5.62. The smallest absolute Gasteiger partial charge is 0.107 e. The molecule has 0 unspecified atom stereocenters. The molecule has 0 aliphatic carbocycles. The number of hydrogen-bond donors (Lipinski definition) is 1. The van der Waals surface area contributed by atoms with Gasteiger partial charge in [0.15, 0.2) is 0 Å². The third kappa shape index (κ3) is 4.07. The van der Waals surface area contributed by atoms with Crippen LogP contribution >= 0.6 is 22.9 Å². The molecule has 2 aromatic rings. The predicted octanol–water partition coefficient (Wildman–Crippen LogP) is 3.23. The van der Waals surface area contributed by atoms with Gasteiger partial charge in [0.2, 0.25) is 0 Å². The molecule has 96 valence electrons. The van der Waals surface area contributed by atoms with Gasteiger partial charge in [0.1, 0.15) is 5.01 Å². The van der Waals surface area contributed by atoms with E-state index in [1.807, 2.05) is 36.7 Å². The van der Waals surface area contributed by atoms with Crippen molar-refractivity contribution < 1.29 is 4.74 Å². The summed E-state index contributed by atoms with van der Waals surface area (Å²) >= 11 is 7.47. The topological polar surface area (TPSA) is 34.2 Å². The van der Waals surface area contributed by atoms with Crippen molar-refractivity contribution in [3.05, 3.63) is 50.9 Å². The second kappa shape index (κ2) is 6.85. The fraction of sp³-hybridized carbons (Fsp3) is 0.308. The Hall–Kier alpha value is -0.940. The van der Waals surface area contributed by atoms with Crippen LogP contribution in [0.3, 0.4) is 0 Å². The van der Waals surface area contributed by atoms with Gasteiger partial charge in [-0.25, -0.2) is 4.98 Å². The second-order valence-corrected chi connectivity index (χ2v) is 5.26. The minimum atomic E-state index is 0.544. The van der Waals surface area contributed by atoms with Crippen molar-refractivity contribution in [2.75, 3.05) is 7.05 Å².